The first-order valence-electron chi connectivity index (χ1n) is 12.4. The van der Waals surface area contributed by atoms with Gasteiger partial charge in [0.25, 0.3) is 0 Å². The smallest absolute Gasteiger partial charge is 0.135 e. The van der Waals surface area contributed by atoms with Gasteiger partial charge in [0, 0.05) is 27.2 Å². The molecule has 0 bridgehead atoms. The maximum absolute atomic E-state index is 6.13. The van der Waals surface area contributed by atoms with Crippen LogP contribution in [-0.2, 0) is 0 Å². The Balaban J connectivity index is 1.50. The van der Waals surface area contributed by atoms with E-state index >= 15 is 0 Å². The number of furan rings is 1. The predicted octanol–water partition coefficient (Wildman–Crippen LogP) is 9.48. The first-order chi connectivity index (χ1) is 17.9. The summed E-state index contributed by atoms with van der Waals surface area (Å²) < 4.78 is 8.56. The Hall–Kier alpha value is -4.82. The van der Waals surface area contributed by atoms with Crippen molar-refractivity contribution in [2.24, 2.45) is 0 Å². The van der Waals surface area contributed by atoms with Crippen LogP contribution in [0.15, 0.2) is 120 Å². The van der Waals surface area contributed by atoms with Crippen molar-refractivity contribution in [2.45, 2.75) is 0 Å². The summed E-state index contributed by atoms with van der Waals surface area (Å²) in [5.74, 6) is 0. The first-order valence-corrected chi connectivity index (χ1v) is 12.4. The SMILES string of the molecule is c1ccc2c(c1)-c1cccc3ccc4c(c13)c1c-2cccc1n4-c1ccc2oc3ccccc3c2c1. The molecule has 0 amide bonds. The summed E-state index contributed by atoms with van der Waals surface area (Å²) in [6.45, 7) is 0. The molecule has 0 atom stereocenters. The van der Waals surface area contributed by atoms with Crippen LogP contribution in [0.1, 0.15) is 0 Å². The lowest BCUT2D eigenvalue weighted by Gasteiger charge is -2.13. The third kappa shape index (κ3) is 2.18. The van der Waals surface area contributed by atoms with E-state index in [0.717, 1.165) is 27.6 Å². The Morgan fingerprint density at radius 1 is 0.444 bits per heavy atom. The molecule has 6 aromatic carbocycles. The molecule has 36 heavy (non-hydrogen) atoms. The second kappa shape index (κ2) is 6.44. The number of hydrogen-bond acceptors (Lipinski definition) is 1. The van der Waals surface area contributed by atoms with Crippen molar-refractivity contribution in [2.75, 3.05) is 0 Å². The number of aromatic nitrogens is 1. The molecule has 1 aliphatic carbocycles. The molecule has 166 valence electrons. The zero-order valence-corrected chi connectivity index (χ0v) is 19.3. The number of hydrogen-bond donors (Lipinski definition) is 0. The molecule has 2 nitrogen and oxygen atoms in total. The minimum Gasteiger partial charge on any atom is -0.456 e. The lowest BCUT2D eigenvalue weighted by atomic mass is 9.93. The molecule has 0 N–H and O–H groups in total. The minimum absolute atomic E-state index is 0.921. The molecule has 2 aromatic heterocycles. The summed E-state index contributed by atoms with van der Waals surface area (Å²) in [7, 11) is 0. The largest absolute Gasteiger partial charge is 0.456 e. The predicted molar refractivity (Wildman–Crippen MR) is 150 cm³/mol. The molecule has 8 aromatic rings. The van der Waals surface area contributed by atoms with Crippen LogP contribution in [0.2, 0.25) is 0 Å². The summed E-state index contributed by atoms with van der Waals surface area (Å²) in [4.78, 5) is 0. The van der Waals surface area contributed by atoms with Gasteiger partial charge < -0.3 is 8.98 Å². The van der Waals surface area contributed by atoms with Crippen molar-refractivity contribution in [3.05, 3.63) is 115 Å². The van der Waals surface area contributed by atoms with Crippen LogP contribution in [0.4, 0.5) is 0 Å². The fourth-order valence-corrected chi connectivity index (χ4v) is 6.46. The molecule has 0 fully saturated rings. The maximum Gasteiger partial charge on any atom is 0.135 e. The molecule has 0 saturated heterocycles. The lowest BCUT2D eigenvalue weighted by molar-refractivity contribution is 0.669. The topological polar surface area (TPSA) is 18.1 Å². The maximum atomic E-state index is 6.13. The monoisotopic (exact) mass is 457 g/mol. The Morgan fingerprint density at radius 2 is 1.14 bits per heavy atom. The van der Waals surface area contributed by atoms with Crippen molar-refractivity contribution < 1.29 is 4.42 Å². The summed E-state index contributed by atoms with van der Waals surface area (Å²) >= 11 is 0. The number of benzene rings is 6. The van der Waals surface area contributed by atoms with E-state index in [-0.39, 0.29) is 0 Å². The highest BCUT2D eigenvalue weighted by Gasteiger charge is 2.24. The van der Waals surface area contributed by atoms with Crippen LogP contribution in [0.25, 0.3) is 82.5 Å². The van der Waals surface area contributed by atoms with E-state index in [9.17, 15) is 0 Å². The molecule has 2 heterocycles. The van der Waals surface area contributed by atoms with E-state index in [1.54, 1.807) is 0 Å². The first kappa shape index (κ1) is 18.5. The normalized spacial score (nSPS) is 12.4. The van der Waals surface area contributed by atoms with Crippen LogP contribution >= 0.6 is 0 Å². The molecule has 1 aliphatic rings. The quantitative estimate of drug-likeness (QED) is 0.240. The average Bonchev–Trinajstić information content (AvgIpc) is 3.44. The van der Waals surface area contributed by atoms with Gasteiger partial charge in [0.2, 0.25) is 0 Å². The van der Waals surface area contributed by atoms with Gasteiger partial charge >= 0.3 is 0 Å². The van der Waals surface area contributed by atoms with Crippen LogP contribution in [-0.4, -0.2) is 4.57 Å². The number of rotatable bonds is 1. The summed E-state index contributed by atoms with van der Waals surface area (Å²) in [6, 6.07) is 41.7. The van der Waals surface area contributed by atoms with Crippen molar-refractivity contribution in [1.29, 1.82) is 0 Å². The van der Waals surface area contributed by atoms with Gasteiger partial charge in [-0.05, 0) is 69.4 Å². The van der Waals surface area contributed by atoms with Gasteiger partial charge in [-0.25, -0.2) is 0 Å². The van der Waals surface area contributed by atoms with Gasteiger partial charge in [-0.3, -0.25) is 0 Å². The van der Waals surface area contributed by atoms with Crippen molar-refractivity contribution in [3.63, 3.8) is 0 Å². The third-order valence-electron chi connectivity index (χ3n) is 7.92. The standard InChI is InChI=1S/C34H19NO/c1-2-9-23-22(8-1)25-11-5-7-20-15-17-29-34(32(20)25)33-26(23)12-6-13-28(33)35(29)21-16-18-31-27(19-21)24-10-3-4-14-30(24)36-31/h1-19H. The fourth-order valence-electron chi connectivity index (χ4n) is 6.46. The van der Waals surface area contributed by atoms with E-state index in [0.29, 0.717) is 0 Å². The number of fused-ring (bicyclic) bond motifs is 6. The Labute approximate surface area is 206 Å². The second-order valence-electron chi connectivity index (χ2n) is 9.72. The van der Waals surface area contributed by atoms with Crippen LogP contribution in [0.5, 0.6) is 0 Å². The Kier molecular flexibility index (Phi) is 3.31. The van der Waals surface area contributed by atoms with Gasteiger partial charge in [0.15, 0.2) is 0 Å². The zero-order valence-electron chi connectivity index (χ0n) is 19.3. The van der Waals surface area contributed by atoms with Crippen LogP contribution in [0, 0.1) is 0 Å². The third-order valence-corrected chi connectivity index (χ3v) is 7.92. The molecule has 0 saturated carbocycles. The van der Waals surface area contributed by atoms with Gasteiger partial charge in [0.05, 0.1) is 11.0 Å². The van der Waals surface area contributed by atoms with Crippen molar-refractivity contribution in [3.8, 4) is 27.9 Å². The van der Waals surface area contributed by atoms with E-state index in [1.807, 2.05) is 12.1 Å². The molecule has 2 heteroatoms. The molecule has 0 radical (unpaired) electrons. The highest BCUT2D eigenvalue weighted by molar-refractivity contribution is 6.30. The zero-order chi connectivity index (χ0) is 23.4. The molecule has 0 spiro atoms. The summed E-state index contributed by atoms with van der Waals surface area (Å²) in [5, 5.41) is 7.58. The van der Waals surface area contributed by atoms with Gasteiger partial charge in [-0.2, -0.15) is 0 Å². The van der Waals surface area contributed by atoms with Crippen molar-refractivity contribution >= 4 is 54.5 Å². The van der Waals surface area contributed by atoms with Crippen LogP contribution in [0.3, 0.4) is 0 Å². The average molecular weight is 458 g/mol. The highest BCUT2D eigenvalue weighted by atomic mass is 16.3. The van der Waals surface area contributed by atoms with E-state index in [2.05, 4.69) is 108 Å². The van der Waals surface area contributed by atoms with Crippen LogP contribution < -0.4 is 0 Å². The molecule has 9 rings (SSSR count). The van der Waals surface area contributed by atoms with Gasteiger partial charge in [-0.1, -0.05) is 78.9 Å². The van der Waals surface area contributed by atoms with E-state index in [1.165, 1.54) is 54.8 Å². The van der Waals surface area contributed by atoms with E-state index < -0.39 is 0 Å². The van der Waals surface area contributed by atoms with Gasteiger partial charge in [-0.15, -0.1) is 0 Å². The lowest BCUT2D eigenvalue weighted by Crippen LogP contribution is -1.94. The molecule has 0 aliphatic heterocycles. The summed E-state index contributed by atoms with van der Waals surface area (Å²) in [6.07, 6.45) is 0. The fraction of sp³-hybridized carbons (Fsp3) is 0. The number of para-hydroxylation sites is 1. The molecule has 0 unspecified atom stereocenters. The second-order valence-corrected chi connectivity index (χ2v) is 9.72. The number of nitrogens with zero attached hydrogens (tertiary/aromatic N) is 1. The highest BCUT2D eigenvalue weighted by Crippen LogP contribution is 2.49. The minimum atomic E-state index is 0.921. The Morgan fingerprint density at radius 3 is 2.03 bits per heavy atom. The molecular formula is C34H19NO. The Bertz CT molecular complexity index is 2210. The van der Waals surface area contributed by atoms with Gasteiger partial charge in [0.1, 0.15) is 11.2 Å². The summed E-state index contributed by atoms with van der Waals surface area (Å²) in [5.41, 5.74) is 10.7. The van der Waals surface area contributed by atoms with E-state index in [4.69, 9.17) is 4.42 Å². The van der Waals surface area contributed by atoms with Crippen molar-refractivity contribution in [1.82, 2.24) is 4.57 Å². The molecular weight excluding hydrogens is 438 g/mol.